The quantitative estimate of drug-likeness (QED) is 0.124. The number of hydrogen-bond acceptors (Lipinski definition) is 16. The maximum absolute atomic E-state index is 5.44. The van der Waals surface area contributed by atoms with Gasteiger partial charge in [-0.05, 0) is 159 Å². The number of nitrogens with zero attached hydrogens (tertiary/aromatic N) is 18. The third kappa shape index (κ3) is 9.58. The standard InChI is InChI=1S/C70H52N18/c1-37-72-38(2)77-66(76-37)47-21-26-57-52(32-47)53-33-48(67-78-39(3)73-40(4)79-67)22-27-58(53)87(57)61-30-25-51(70-85-64(45-16-11-9-12-17-45)84-65(86-70)46-18-13-10-14-19-46)36-56(61)63-62(20-15-31-71-63)88-59-28-23-49(68-80-41(5)74-42(6)81-68)34-54(59)55-35-50(24-29-60(55)88)69-82-43(7)75-44(8)83-69/h9-36H,1-8H3. The van der Waals surface area contributed by atoms with Crippen molar-refractivity contribution in [1.82, 2.24) is 88.9 Å². The molecular weight excluding hydrogens is 1090 g/mol. The van der Waals surface area contributed by atoms with Crippen molar-refractivity contribution in [2.24, 2.45) is 0 Å². The molecule has 0 amide bonds. The average molecular weight is 1150 g/mol. The fourth-order valence-electron chi connectivity index (χ4n) is 11.9. The van der Waals surface area contributed by atoms with Crippen LogP contribution in [0.4, 0.5) is 0 Å². The zero-order chi connectivity index (χ0) is 59.9. The lowest BCUT2D eigenvalue weighted by atomic mass is 10.0. The van der Waals surface area contributed by atoms with Crippen LogP contribution in [-0.2, 0) is 0 Å². The average Bonchev–Trinajstić information content (AvgIpc) is 1.80. The molecule has 18 nitrogen and oxygen atoms in total. The number of aryl methyl sites for hydroxylation is 8. The second-order valence-electron chi connectivity index (χ2n) is 21.8. The highest BCUT2D eigenvalue weighted by molar-refractivity contribution is 6.13. The highest BCUT2D eigenvalue weighted by atomic mass is 15.1. The highest BCUT2D eigenvalue weighted by Gasteiger charge is 2.25. The molecule has 0 unspecified atom stereocenters. The topological polar surface area (TPSA) is 216 Å². The summed E-state index contributed by atoms with van der Waals surface area (Å²) in [7, 11) is 0. The summed E-state index contributed by atoms with van der Waals surface area (Å²) in [6, 6.07) is 56.0. The van der Waals surface area contributed by atoms with Gasteiger partial charge in [0.25, 0.3) is 0 Å². The Kier molecular flexibility index (Phi) is 12.8. The van der Waals surface area contributed by atoms with Crippen LogP contribution >= 0.6 is 0 Å². The van der Waals surface area contributed by atoms with Crippen LogP contribution < -0.4 is 0 Å². The molecule has 88 heavy (non-hydrogen) atoms. The third-order valence-electron chi connectivity index (χ3n) is 15.5. The van der Waals surface area contributed by atoms with Crippen molar-refractivity contribution in [3.05, 3.63) is 217 Å². The first kappa shape index (κ1) is 53.1. The van der Waals surface area contributed by atoms with E-state index in [4.69, 9.17) is 59.8 Å². The molecule has 15 aromatic rings. The molecule has 0 saturated carbocycles. The van der Waals surface area contributed by atoms with Gasteiger partial charge in [0.05, 0.1) is 39.1 Å². The molecule has 0 saturated heterocycles. The molecule has 0 aliphatic heterocycles. The molecule has 7 aromatic carbocycles. The molecule has 0 aliphatic carbocycles. The van der Waals surface area contributed by atoms with Crippen molar-refractivity contribution in [2.75, 3.05) is 0 Å². The zero-order valence-electron chi connectivity index (χ0n) is 49.2. The Morgan fingerprint density at radius 3 is 0.886 bits per heavy atom. The van der Waals surface area contributed by atoms with Gasteiger partial charge in [0, 0.05) is 72.2 Å². The van der Waals surface area contributed by atoms with Crippen molar-refractivity contribution in [3.8, 4) is 102 Å². The van der Waals surface area contributed by atoms with Crippen LogP contribution in [0.1, 0.15) is 46.6 Å². The number of pyridine rings is 1. The number of hydrogen-bond donors (Lipinski definition) is 0. The normalized spacial score (nSPS) is 11.6. The van der Waals surface area contributed by atoms with Crippen LogP contribution in [0.25, 0.3) is 146 Å². The van der Waals surface area contributed by atoms with Crippen molar-refractivity contribution in [1.29, 1.82) is 0 Å². The number of aromatic nitrogens is 18. The van der Waals surface area contributed by atoms with Gasteiger partial charge in [-0.15, -0.1) is 0 Å². The van der Waals surface area contributed by atoms with Crippen LogP contribution in [0.5, 0.6) is 0 Å². The van der Waals surface area contributed by atoms with E-state index in [1.807, 2.05) is 128 Å². The summed E-state index contributed by atoms with van der Waals surface area (Å²) in [6.45, 7) is 15.1. The van der Waals surface area contributed by atoms with Crippen LogP contribution in [0, 0.1) is 55.4 Å². The van der Waals surface area contributed by atoms with Crippen molar-refractivity contribution in [2.45, 2.75) is 55.4 Å². The van der Waals surface area contributed by atoms with E-state index >= 15 is 0 Å². The summed E-state index contributed by atoms with van der Waals surface area (Å²) in [4.78, 5) is 77.5. The molecule has 0 spiro atoms. The smallest absolute Gasteiger partial charge is 0.164 e. The summed E-state index contributed by atoms with van der Waals surface area (Å²) in [6.07, 6.45) is 1.85. The zero-order valence-corrected chi connectivity index (χ0v) is 49.2. The minimum Gasteiger partial charge on any atom is -0.309 e. The molecule has 0 atom stereocenters. The Morgan fingerprint density at radius 2 is 0.534 bits per heavy atom. The third-order valence-corrected chi connectivity index (χ3v) is 15.5. The second kappa shape index (κ2) is 21.1. The van der Waals surface area contributed by atoms with E-state index < -0.39 is 0 Å². The summed E-state index contributed by atoms with van der Waals surface area (Å²) >= 11 is 0. The van der Waals surface area contributed by atoms with E-state index in [1.54, 1.807) is 0 Å². The first-order valence-electron chi connectivity index (χ1n) is 28.7. The van der Waals surface area contributed by atoms with Gasteiger partial charge in [0.15, 0.2) is 40.8 Å². The van der Waals surface area contributed by atoms with Gasteiger partial charge in [-0.25, -0.2) is 74.8 Å². The maximum Gasteiger partial charge on any atom is 0.164 e. The van der Waals surface area contributed by atoms with E-state index in [0.717, 1.165) is 99.5 Å². The molecule has 0 fully saturated rings. The maximum atomic E-state index is 5.44. The first-order chi connectivity index (χ1) is 42.8. The molecule has 422 valence electrons. The Morgan fingerprint density at radius 1 is 0.239 bits per heavy atom. The molecule has 18 heteroatoms. The highest BCUT2D eigenvalue weighted by Crippen LogP contribution is 2.44. The predicted molar refractivity (Wildman–Crippen MR) is 341 cm³/mol. The summed E-state index contributed by atoms with van der Waals surface area (Å²) in [5, 5.41) is 3.85. The fourth-order valence-corrected chi connectivity index (χ4v) is 11.9. The van der Waals surface area contributed by atoms with E-state index in [9.17, 15) is 0 Å². The van der Waals surface area contributed by atoms with Gasteiger partial charge < -0.3 is 9.13 Å². The molecule has 0 bridgehead atoms. The van der Waals surface area contributed by atoms with Crippen LogP contribution in [0.3, 0.4) is 0 Å². The Labute approximate surface area is 504 Å². The molecule has 0 aliphatic rings. The Hall–Kier alpha value is -11.7. The Bertz CT molecular complexity index is 4970. The summed E-state index contributed by atoms with van der Waals surface area (Å²) < 4.78 is 4.60. The Balaban J connectivity index is 1.02. The van der Waals surface area contributed by atoms with Crippen LogP contribution in [-0.4, -0.2) is 88.9 Å². The van der Waals surface area contributed by atoms with E-state index in [2.05, 4.69) is 126 Å². The van der Waals surface area contributed by atoms with Gasteiger partial charge in [-0.3, -0.25) is 4.98 Å². The van der Waals surface area contributed by atoms with E-state index in [0.29, 0.717) is 93.1 Å². The summed E-state index contributed by atoms with van der Waals surface area (Å²) in [5.74, 6) is 9.03. The van der Waals surface area contributed by atoms with Gasteiger partial charge in [0.2, 0.25) is 0 Å². The molecule has 0 N–H and O–H groups in total. The van der Waals surface area contributed by atoms with Crippen molar-refractivity contribution in [3.63, 3.8) is 0 Å². The largest absolute Gasteiger partial charge is 0.309 e. The molecular formula is C70H52N18. The van der Waals surface area contributed by atoms with Gasteiger partial charge >= 0.3 is 0 Å². The minimum atomic E-state index is 0.491. The van der Waals surface area contributed by atoms with Gasteiger partial charge in [-0.2, -0.15) is 0 Å². The first-order valence-corrected chi connectivity index (χ1v) is 28.7. The lowest BCUT2D eigenvalue weighted by Crippen LogP contribution is -2.05. The minimum absolute atomic E-state index is 0.491. The van der Waals surface area contributed by atoms with Gasteiger partial charge in [-0.1, -0.05) is 60.7 Å². The van der Waals surface area contributed by atoms with Gasteiger partial charge in [0.1, 0.15) is 46.6 Å². The molecule has 8 aromatic heterocycles. The molecule has 8 heterocycles. The number of benzene rings is 7. The molecule has 0 radical (unpaired) electrons. The summed E-state index contributed by atoms with van der Waals surface area (Å²) in [5.41, 5.74) is 12.7. The predicted octanol–water partition coefficient (Wildman–Crippen LogP) is 14.0. The van der Waals surface area contributed by atoms with Crippen LogP contribution in [0.15, 0.2) is 170 Å². The SMILES string of the molecule is Cc1nc(C)nc(-c2ccc3c(c2)c2cc(-c4nc(C)nc(C)n4)ccc2n3-c2ccc(-c3nc(-c4ccccc4)nc(-c4ccccc4)n3)cc2-c2ncccc2-n2c3ccc(-c4nc(C)nc(C)n4)cc3c3cc(-c4nc(C)nc(C)n4)ccc32)n1. The monoisotopic (exact) mass is 1140 g/mol. The number of fused-ring (bicyclic) bond motifs is 6. The second-order valence-corrected chi connectivity index (χ2v) is 21.8. The number of rotatable bonds is 10. The van der Waals surface area contributed by atoms with E-state index in [-0.39, 0.29) is 0 Å². The van der Waals surface area contributed by atoms with Crippen LogP contribution in [0.2, 0.25) is 0 Å². The van der Waals surface area contributed by atoms with E-state index in [1.165, 1.54) is 0 Å². The van der Waals surface area contributed by atoms with Crippen molar-refractivity contribution >= 4 is 43.6 Å². The fraction of sp³-hybridized carbons (Fsp3) is 0.114. The lowest BCUT2D eigenvalue weighted by molar-refractivity contribution is 0.928. The van der Waals surface area contributed by atoms with Crippen molar-refractivity contribution < 1.29 is 0 Å². The molecule has 15 rings (SSSR count). The lowest BCUT2D eigenvalue weighted by Gasteiger charge is -2.19.